The van der Waals surface area contributed by atoms with Crippen molar-refractivity contribution in [3.8, 4) is 0 Å². The zero-order chi connectivity index (χ0) is 6.57. The summed E-state index contributed by atoms with van der Waals surface area (Å²) in [6.45, 7) is 4.30. The van der Waals surface area contributed by atoms with Gasteiger partial charge in [-0.2, -0.15) is 0 Å². The summed E-state index contributed by atoms with van der Waals surface area (Å²) in [6, 6.07) is 0. The minimum atomic E-state index is -2.13. The first-order chi connectivity index (χ1) is 3.63. The molecular formula is C4H11MgO3P. The van der Waals surface area contributed by atoms with Gasteiger partial charge in [0, 0.05) is 23.1 Å². The lowest BCUT2D eigenvalue weighted by molar-refractivity contribution is 0.226. The molecule has 0 fully saturated rings. The summed E-state index contributed by atoms with van der Waals surface area (Å²) < 4.78 is 4.48. The molecule has 0 bridgehead atoms. The van der Waals surface area contributed by atoms with E-state index in [0.717, 1.165) is 0 Å². The molecule has 0 aliphatic heterocycles. The van der Waals surface area contributed by atoms with Gasteiger partial charge in [-0.05, 0) is 5.92 Å². The molecule has 52 valence electrons. The molecule has 2 radical (unpaired) electrons. The van der Waals surface area contributed by atoms with Crippen LogP contribution in [0.1, 0.15) is 13.8 Å². The van der Waals surface area contributed by atoms with Crippen LogP contribution in [0.2, 0.25) is 0 Å². The molecule has 0 saturated carbocycles. The quantitative estimate of drug-likeness (QED) is 0.469. The van der Waals surface area contributed by atoms with Crippen LogP contribution in [0.3, 0.4) is 0 Å². The summed E-state index contributed by atoms with van der Waals surface area (Å²) in [7, 11) is -2.13. The van der Waals surface area contributed by atoms with E-state index in [4.69, 9.17) is 9.79 Å². The highest BCUT2D eigenvalue weighted by Crippen LogP contribution is 2.24. The highest BCUT2D eigenvalue weighted by Gasteiger charge is 1.99. The molecule has 0 aromatic carbocycles. The Balaban J connectivity index is 0. The largest absolute Gasteiger partial charge is 0.328 e. The second kappa shape index (κ2) is 7.19. The number of rotatable bonds is 3. The Kier molecular flexibility index (Phi) is 10.2. The van der Waals surface area contributed by atoms with E-state index in [1.807, 2.05) is 13.8 Å². The zero-order valence-electron chi connectivity index (χ0n) is 5.74. The average molecular weight is 162 g/mol. The van der Waals surface area contributed by atoms with E-state index in [9.17, 15) is 0 Å². The average Bonchev–Trinajstić information content (AvgIpc) is 1.61. The fourth-order valence-electron chi connectivity index (χ4n) is 0.216. The van der Waals surface area contributed by atoms with Crippen molar-refractivity contribution in [2.24, 2.45) is 5.92 Å². The minimum absolute atomic E-state index is 0. The molecule has 0 heterocycles. The molecule has 0 saturated heterocycles. The third-order valence-electron chi connectivity index (χ3n) is 0.523. The zero-order valence-corrected chi connectivity index (χ0v) is 8.05. The molecule has 3 nitrogen and oxygen atoms in total. The van der Waals surface area contributed by atoms with Crippen molar-refractivity contribution in [3.05, 3.63) is 0 Å². The maximum absolute atomic E-state index is 8.20. The Morgan fingerprint density at radius 1 is 1.44 bits per heavy atom. The van der Waals surface area contributed by atoms with Crippen molar-refractivity contribution in [2.75, 3.05) is 6.61 Å². The van der Waals surface area contributed by atoms with Crippen molar-refractivity contribution < 1.29 is 14.3 Å². The van der Waals surface area contributed by atoms with Gasteiger partial charge in [0.2, 0.25) is 0 Å². The molecule has 9 heavy (non-hydrogen) atoms. The van der Waals surface area contributed by atoms with Gasteiger partial charge in [0.25, 0.3) is 0 Å². The van der Waals surface area contributed by atoms with Gasteiger partial charge in [-0.25, -0.2) is 0 Å². The second-order valence-corrected chi connectivity index (χ2v) is 2.71. The Morgan fingerprint density at radius 3 is 2.00 bits per heavy atom. The fourth-order valence-corrected chi connectivity index (χ4v) is 0.647. The summed E-state index contributed by atoms with van der Waals surface area (Å²) in [5.41, 5.74) is 0. The molecular weight excluding hydrogens is 151 g/mol. The standard InChI is InChI=1S/C4H11O3P.Mg/c1-4(2)3-7-8(5)6;/h4-6H,3H2,1-2H3;. The number of hydrogen-bond acceptors (Lipinski definition) is 3. The molecule has 0 spiro atoms. The van der Waals surface area contributed by atoms with Gasteiger partial charge in [-0.3, -0.25) is 0 Å². The lowest BCUT2D eigenvalue weighted by atomic mass is 10.2. The van der Waals surface area contributed by atoms with Gasteiger partial charge in [0.05, 0.1) is 6.61 Å². The van der Waals surface area contributed by atoms with Gasteiger partial charge >= 0.3 is 8.60 Å². The predicted octanol–water partition coefficient (Wildman–Crippen LogP) is 0.490. The number of hydrogen-bond donors (Lipinski definition) is 2. The summed E-state index contributed by atoms with van der Waals surface area (Å²) >= 11 is 0. The lowest BCUT2D eigenvalue weighted by Gasteiger charge is -2.04. The minimum Gasteiger partial charge on any atom is -0.328 e. The molecule has 0 aromatic rings. The first kappa shape index (κ1) is 12.7. The third-order valence-corrected chi connectivity index (χ3v) is 0.903. The van der Waals surface area contributed by atoms with Crippen LogP contribution in [0, 0.1) is 5.92 Å². The highest BCUT2D eigenvalue weighted by atomic mass is 31.2. The normalized spacial score (nSPS) is 10.0. The Labute approximate surface area is 72.6 Å². The van der Waals surface area contributed by atoms with Crippen LogP contribution in [0.15, 0.2) is 0 Å². The van der Waals surface area contributed by atoms with E-state index in [-0.39, 0.29) is 23.1 Å². The third kappa shape index (κ3) is 12.3. The molecule has 2 N–H and O–H groups in total. The summed E-state index contributed by atoms with van der Waals surface area (Å²) in [6.07, 6.45) is 0. The van der Waals surface area contributed by atoms with Crippen LogP contribution in [-0.2, 0) is 4.52 Å². The molecule has 0 aliphatic rings. The Morgan fingerprint density at radius 2 is 1.89 bits per heavy atom. The highest BCUT2D eigenvalue weighted by molar-refractivity contribution is 7.39. The predicted molar refractivity (Wildman–Crippen MR) is 37.9 cm³/mol. The van der Waals surface area contributed by atoms with Crippen LogP contribution in [0.4, 0.5) is 0 Å². The first-order valence-electron chi connectivity index (χ1n) is 2.43. The van der Waals surface area contributed by atoms with Gasteiger partial charge in [0.1, 0.15) is 0 Å². The van der Waals surface area contributed by atoms with Crippen LogP contribution in [0.25, 0.3) is 0 Å². The van der Waals surface area contributed by atoms with E-state index < -0.39 is 8.60 Å². The van der Waals surface area contributed by atoms with Crippen molar-refractivity contribution in [2.45, 2.75) is 13.8 Å². The molecule has 0 unspecified atom stereocenters. The summed E-state index contributed by atoms with van der Waals surface area (Å²) in [5, 5.41) is 0. The molecule has 0 aliphatic carbocycles. The molecule has 5 heteroatoms. The van der Waals surface area contributed by atoms with Crippen molar-refractivity contribution >= 4 is 31.7 Å². The lowest BCUT2D eigenvalue weighted by Crippen LogP contribution is -1.96. The van der Waals surface area contributed by atoms with Crippen molar-refractivity contribution in [3.63, 3.8) is 0 Å². The van der Waals surface area contributed by atoms with E-state index in [1.165, 1.54) is 0 Å². The Bertz CT molecular complexity index is 51.8. The topological polar surface area (TPSA) is 49.7 Å². The van der Waals surface area contributed by atoms with E-state index in [2.05, 4.69) is 4.52 Å². The van der Waals surface area contributed by atoms with Crippen LogP contribution in [0.5, 0.6) is 0 Å². The first-order valence-corrected chi connectivity index (χ1v) is 3.60. The van der Waals surface area contributed by atoms with E-state index in [0.29, 0.717) is 12.5 Å². The van der Waals surface area contributed by atoms with E-state index in [1.54, 1.807) is 0 Å². The van der Waals surface area contributed by atoms with Gasteiger partial charge < -0.3 is 14.3 Å². The van der Waals surface area contributed by atoms with Crippen LogP contribution >= 0.6 is 8.60 Å². The van der Waals surface area contributed by atoms with E-state index >= 15 is 0 Å². The molecule has 0 rings (SSSR count). The maximum Gasteiger partial charge on any atom is 0.327 e. The monoisotopic (exact) mass is 162 g/mol. The molecule has 0 amide bonds. The van der Waals surface area contributed by atoms with Gasteiger partial charge in [-0.15, -0.1) is 0 Å². The van der Waals surface area contributed by atoms with Crippen LogP contribution < -0.4 is 0 Å². The smallest absolute Gasteiger partial charge is 0.327 e. The SMILES string of the molecule is CC(C)COP(O)O.[Mg]. The summed E-state index contributed by atoms with van der Waals surface area (Å²) in [5.74, 6) is 0.360. The summed E-state index contributed by atoms with van der Waals surface area (Å²) in [4.78, 5) is 16.4. The van der Waals surface area contributed by atoms with Crippen molar-refractivity contribution in [1.29, 1.82) is 0 Å². The molecule has 0 aromatic heterocycles. The second-order valence-electron chi connectivity index (χ2n) is 1.94. The van der Waals surface area contributed by atoms with Crippen molar-refractivity contribution in [1.82, 2.24) is 0 Å². The Hall–Kier alpha value is 1.08. The fraction of sp³-hybridized carbons (Fsp3) is 1.00. The molecule has 0 atom stereocenters. The van der Waals surface area contributed by atoms with Gasteiger partial charge in [0.15, 0.2) is 0 Å². The van der Waals surface area contributed by atoms with Gasteiger partial charge in [-0.1, -0.05) is 13.8 Å². The maximum atomic E-state index is 8.20. The van der Waals surface area contributed by atoms with Crippen LogP contribution in [-0.4, -0.2) is 39.4 Å².